The molecule has 0 spiro atoms. The summed E-state index contributed by atoms with van der Waals surface area (Å²) in [6.07, 6.45) is 8.21. The molecule has 1 aliphatic carbocycles. The van der Waals surface area contributed by atoms with Crippen molar-refractivity contribution in [2.75, 3.05) is 26.7 Å². The minimum absolute atomic E-state index is 0.125. The molecular weight excluding hydrogens is 290 g/mol. The van der Waals surface area contributed by atoms with Crippen LogP contribution in [0, 0.1) is 5.92 Å². The first-order chi connectivity index (χ1) is 11.2. The maximum absolute atomic E-state index is 12.8. The van der Waals surface area contributed by atoms with Gasteiger partial charge in [0.2, 0.25) is 5.91 Å². The molecule has 3 heterocycles. The van der Waals surface area contributed by atoms with Crippen molar-refractivity contribution in [1.82, 2.24) is 24.8 Å². The van der Waals surface area contributed by atoms with Gasteiger partial charge in [0.15, 0.2) is 0 Å². The Kier molecular flexibility index (Phi) is 3.61. The standard InChI is InChI=1S/C17H21N5O/c1-21-7-8-22(11-15(21)16-19-5-6-20-16)17(23)14-9-13(14)12-3-2-4-18-10-12/h2-6,10,13-15H,7-9,11H2,1H3,(H,19,20). The number of carbonyl (C=O) groups is 1. The molecule has 2 fully saturated rings. The fourth-order valence-electron chi connectivity index (χ4n) is 3.49. The Balaban J connectivity index is 1.43. The van der Waals surface area contributed by atoms with Gasteiger partial charge >= 0.3 is 0 Å². The maximum Gasteiger partial charge on any atom is 0.226 e. The molecule has 0 aromatic carbocycles. The van der Waals surface area contributed by atoms with Crippen LogP contribution in [0.25, 0.3) is 0 Å². The second-order valence-corrected chi connectivity index (χ2v) is 6.49. The number of piperazine rings is 1. The molecule has 3 unspecified atom stereocenters. The number of hydrogen-bond donors (Lipinski definition) is 1. The Morgan fingerprint density at radius 2 is 2.26 bits per heavy atom. The van der Waals surface area contributed by atoms with Crippen LogP contribution >= 0.6 is 0 Å². The minimum atomic E-state index is 0.125. The Labute approximate surface area is 135 Å². The average molecular weight is 311 g/mol. The van der Waals surface area contributed by atoms with E-state index in [0.717, 1.165) is 25.3 Å². The molecular formula is C17H21N5O. The number of carbonyl (C=O) groups excluding carboxylic acids is 1. The van der Waals surface area contributed by atoms with Gasteiger partial charge in [-0.2, -0.15) is 0 Å². The zero-order valence-corrected chi connectivity index (χ0v) is 13.2. The van der Waals surface area contributed by atoms with Gasteiger partial charge in [0.25, 0.3) is 0 Å². The summed E-state index contributed by atoms with van der Waals surface area (Å²) in [6.45, 7) is 2.38. The zero-order valence-electron chi connectivity index (χ0n) is 13.2. The predicted molar refractivity (Wildman–Crippen MR) is 85.6 cm³/mol. The molecule has 0 bridgehead atoms. The topological polar surface area (TPSA) is 65.1 Å². The van der Waals surface area contributed by atoms with Crippen molar-refractivity contribution >= 4 is 5.91 Å². The van der Waals surface area contributed by atoms with E-state index >= 15 is 0 Å². The van der Waals surface area contributed by atoms with E-state index in [-0.39, 0.29) is 17.9 Å². The summed E-state index contributed by atoms with van der Waals surface area (Å²) in [4.78, 5) is 28.8. The summed E-state index contributed by atoms with van der Waals surface area (Å²) >= 11 is 0. The van der Waals surface area contributed by atoms with Gasteiger partial charge in [0.05, 0.1) is 6.04 Å². The lowest BCUT2D eigenvalue weighted by Crippen LogP contribution is -2.49. The third-order valence-corrected chi connectivity index (χ3v) is 5.01. The molecule has 2 aromatic rings. The van der Waals surface area contributed by atoms with E-state index < -0.39 is 0 Å². The summed E-state index contributed by atoms with van der Waals surface area (Å²) in [7, 11) is 2.09. The van der Waals surface area contributed by atoms with Crippen molar-refractivity contribution in [1.29, 1.82) is 0 Å². The van der Waals surface area contributed by atoms with E-state index in [1.54, 1.807) is 12.4 Å². The lowest BCUT2D eigenvalue weighted by atomic mass is 10.1. The van der Waals surface area contributed by atoms with Crippen molar-refractivity contribution in [3.05, 3.63) is 48.3 Å². The normalized spacial score (nSPS) is 27.9. The van der Waals surface area contributed by atoms with Crippen LogP contribution in [-0.4, -0.2) is 57.3 Å². The highest BCUT2D eigenvalue weighted by Crippen LogP contribution is 2.48. The van der Waals surface area contributed by atoms with Crippen LogP contribution in [0.1, 0.15) is 29.8 Å². The van der Waals surface area contributed by atoms with Gasteiger partial charge in [-0.15, -0.1) is 0 Å². The minimum Gasteiger partial charge on any atom is -0.347 e. The molecule has 0 radical (unpaired) electrons. The second kappa shape index (κ2) is 5.77. The average Bonchev–Trinajstić information content (AvgIpc) is 3.21. The lowest BCUT2D eigenvalue weighted by molar-refractivity contribution is -0.135. The molecule has 120 valence electrons. The molecule has 1 saturated carbocycles. The number of nitrogens with zero attached hydrogens (tertiary/aromatic N) is 4. The van der Waals surface area contributed by atoms with Crippen molar-refractivity contribution in [2.45, 2.75) is 18.4 Å². The fraction of sp³-hybridized carbons (Fsp3) is 0.471. The van der Waals surface area contributed by atoms with Crippen LogP contribution in [0.15, 0.2) is 36.9 Å². The summed E-state index contributed by atoms with van der Waals surface area (Å²) in [5.41, 5.74) is 1.18. The van der Waals surface area contributed by atoms with E-state index in [1.807, 2.05) is 23.4 Å². The monoisotopic (exact) mass is 311 g/mol. The molecule has 1 N–H and O–H groups in total. The summed E-state index contributed by atoms with van der Waals surface area (Å²) < 4.78 is 0. The molecule has 23 heavy (non-hydrogen) atoms. The zero-order chi connectivity index (χ0) is 15.8. The number of hydrogen-bond acceptors (Lipinski definition) is 4. The van der Waals surface area contributed by atoms with E-state index in [9.17, 15) is 4.79 Å². The van der Waals surface area contributed by atoms with Gasteiger partial charge in [0.1, 0.15) is 5.82 Å². The van der Waals surface area contributed by atoms with E-state index in [4.69, 9.17) is 0 Å². The van der Waals surface area contributed by atoms with Crippen LogP contribution in [0.5, 0.6) is 0 Å². The first-order valence-electron chi connectivity index (χ1n) is 8.12. The number of likely N-dealkylation sites (N-methyl/N-ethyl adjacent to an activating group) is 1. The highest BCUT2D eigenvalue weighted by molar-refractivity contribution is 5.83. The van der Waals surface area contributed by atoms with Gasteiger partial charge in [-0.25, -0.2) is 4.98 Å². The Morgan fingerprint density at radius 1 is 1.35 bits per heavy atom. The molecule has 6 nitrogen and oxygen atoms in total. The molecule has 1 amide bonds. The number of pyridine rings is 1. The Morgan fingerprint density at radius 3 is 3.00 bits per heavy atom. The van der Waals surface area contributed by atoms with Crippen LogP contribution in [0.4, 0.5) is 0 Å². The fourth-order valence-corrected chi connectivity index (χ4v) is 3.49. The number of H-pyrrole nitrogens is 1. The largest absolute Gasteiger partial charge is 0.347 e. The highest BCUT2D eigenvalue weighted by Gasteiger charge is 2.47. The smallest absolute Gasteiger partial charge is 0.226 e. The summed E-state index contributed by atoms with van der Waals surface area (Å²) in [5.74, 6) is 1.69. The lowest BCUT2D eigenvalue weighted by Gasteiger charge is -2.38. The Hall–Kier alpha value is -2.21. The molecule has 3 atom stereocenters. The highest BCUT2D eigenvalue weighted by atomic mass is 16.2. The molecule has 1 saturated heterocycles. The molecule has 4 rings (SSSR count). The van der Waals surface area contributed by atoms with Crippen molar-refractivity contribution < 1.29 is 4.79 Å². The van der Waals surface area contributed by atoms with Crippen LogP contribution in [0.2, 0.25) is 0 Å². The number of amides is 1. The van der Waals surface area contributed by atoms with Gasteiger partial charge in [-0.3, -0.25) is 14.7 Å². The van der Waals surface area contributed by atoms with Crippen LogP contribution < -0.4 is 0 Å². The quantitative estimate of drug-likeness (QED) is 0.931. The summed E-state index contributed by atoms with van der Waals surface area (Å²) in [5, 5.41) is 0. The second-order valence-electron chi connectivity index (χ2n) is 6.49. The van der Waals surface area contributed by atoms with E-state index in [0.29, 0.717) is 12.5 Å². The third kappa shape index (κ3) is 2.74. The number of aromatic nitrogens is 3. The Bertz CT molecular complexity index is 672. The number of aromatic amines is 1. The maximum atomic E-state index is 12.8. The van der Waals surface area contributed by atoms with Crippen molar-refractivity contribution in [2.24, 2.45) is 5.92 Å². The molecule has 1 aliphatic heterocycles. The van der Waals surface area contributed by atoms with Crippen molar-refractivity contribution in [3.8, 4) is 0 Å². The van der Waals surface area contributed by atoms with Crippen LogP contribution in [0.3, 0.4) is 0 Å². The van der Waals surface area contributed by atoms with E-state index in [2.05, 4.69) is 33.0 Å². The number of rotatable bonds is 3. The SMILES string of the molecule is CN1CCN(C(=O)C2CC2c2cccnc2)CC1c1ncc[nH]1. The third-order valence-electron chi connectivity index (χ3n) is 5.01. The first-order valence-corrected chi connectivity index (χ1v) is 8.12. The van der Waals surface area contributed by atoms with Crippen LogP contribution in [-0.2, 0) is 4.79 Å². The van der Waals surface area contributed by atoms with Gasteiger partial charge in [-0.05, 0) is 31.0 Å². The molecule has 2 aromatic heterocycles. The van der Waals surface area contributed by atoms with E-state index in [1.165, 1.54) is 5.56 Å². The van der Waals surface area contributed by atoms with Crippen molar-refractivity contribution in [3.63, 3.8) is 0 Å². The number of nitrogens with one attached hydrogen (secondary N) is 1. The van der Waals surface area contributed by atoms with Gasteiger partial charge < -0.3 is 9.88 Å². The van der Waals surface area contributed by atoms with Gasteiger partial charge in [0, 0.05) is 50.3 Å². The van der Waals surface area contributed by atoms with Gasteiger partial charge in [-0.1, -0.05) is 6.07 Å². The molecule has 6 heteroatoms. The summed E-state index contributed by atoms with van der Waals surface area (Å²) in [6, 6.07) is 4.16. The molecule has 2 aliphatic rings. The number of imidazole rings is 1. The first kappa shape index (κ1) is 14.4. The predicted octanol–water partition coefficient (Wildman–Crippen LogP) is 1.42.